The monoisotopic (exact) mass is 288 g/mol. The summed E-state index contributed by atoms with van der Waals surface area (Å²) in [5, 5.41) is 18.4. The van der Waals surface area contributed by atoms with Gasteiger partial charge in [0.2, 0.25) is 11.7 Å². The lowest BCUT2D eigenvalue weighted by molar-refractivity contribution is -0.384. The van der Waals surface area contributed by atoms with E-state index in [2.05, 4.69) is 22.4 Å². The van der Waals surface area contributed by atoms with Crippen LogP contribution in [0, 0.1) is 10.1 Å². The first-order chi connectivity index (χ1) is 10.2. The molecule has 1 aromatic carbocycles. The van der Waals surface area contributed by atoms with Gasteiger partial charge in [-0.15, -0.1) is 0 Å². The Bertz CT molecular complexity index is 662. The molecule has 2 aromatic rings. The summed E-state index contributed by atoms with van der Waals surface area (Å²) >= 11 is 0. The van der Waals surface area contributed by atoms with E-state index < -0.39 is 4.92 Å². The predicted octanol–water partition coefficient (Wildman–Crippen LogP) is 2.63. The second-order valence-corrected chi connectivity index (χ2v) is 5.16. The second kappa shape index (κ2) is 5.25. The fourth-order valence-electron chi connectivity index (χ4n) is 2.79. The van der Waals surface area contributed by atoms with E-state index in [9.17, 15) is 10.1 Å². The van der Waals surface area contributed by atoms with Gasteiger partial charge < -0.3 is 9.84 Å². The maximum Gasteiger partial charge on any atom is 0.280 e. The van der Waals surface area contributed by atoms with E-state index >= 15 is 0 Å². The molecule has 0 radical (unpaired) electrons. The van der Waals surface area contributed by atoms with Crippen LogP contribution >= 0.6 is 0 Å². The third kappa shape index (κ3) is 2.29. The Balaban J connectivity index is 2.01. The highest BCUT2D eigenvalue weighted by Crippen LogP contribution is 2.35. The molecule has 1 aliphatic rings. The fourth-order valence-corrected chi connectivity index (χ4v) is 2.79. The van der Waals surface area contributed by atoms with E-state index in [-0.39, 0.29) is 17.1 Å². The standard InChI is InChI=1S/C14H16N4O3/c1-2-14(8-5-9-15-14)13-16-12(17-21-13)10-6-3-4-7-11(10)18(19)20/h3-4,6-7,15H,2,5,8-9H2,1H3. The minimum atomic E-state index is -0.436. The summed E-state index contributed by atoms with van der Waals surface area (Å²) in [6.45, 7) is 2.98. The fraction of sp³-hybridized carbons (Fsp3) is 0.429. The number of benzene rings is 1. The van der Waals surface area contributed by atoms with Crippen LogP contribution in [0.1, 0.15) is 32.1 Å². The molecule has 1 saturated heterocycles. The van der Waals surface area contributed by atoms with Crippen molar-refractivity contribution in [2.75, 3.05) is 6.54 Å². The Hall–Kier alpha value is -2.28. The van der Waals surface area contributed by atoms with Crippen LogP contribution in [0.5, 0.6) is 0 Å². The van der Waals surface area contributed by atoms with Crippen LogP contribution in [0.15, 0.2) is 28.8 Å². The summed E-state index contributed by atoms with van der Waals surface area (Å²) in [5.41, 5.74) is 0.0611. The Morgan fingerprint density at radius 3 is 2.95 bits per heavy atom. The van der Waals surface area contributed by atoms with E-state index in [1.165, 1.54) is 6.07 Å². The summed E-state index contributed by atoms with van der Waals surface area (Å²) in [4.78, 5) is 15.1. The van der Waals surface area contributed by atoms with Crippen LogP contribution in [0.3, 0.4) is 0 Å². The highest BCUT2D eigenvalue weighted by atomic mass is 16.6. The van der Waals surface area contributed by atoms with Crippen LogP contribution in [0.2, 0.25) is 0 Å². The smallest absolute Gasteiger partial charge is 0.280 e. The summed E-state index contributed by atoms with van der Waals surface area (Å²) in [6, 6.07) is 6.42. The number of nitrogens with one attached hydrogen (secondary N) is 1. The molecule has 0 spiro atoms. The molecule has 110 valence electrons. The van der Waals surface area contributed by atoms with E-state index in [1.54, 1.807) is 18.2 Å². The molecular weight excluding hydrogens is 272 g/mol. The summed E-state index contributed by atoms with van der Waals surface area (Å²) < 4.78 is 5.39. The average Bonchev–Trinajstić information content (AvgIpc) is 3.17. The Morgan fingerprint density at radius 2 is 2.29 bits per heavy atom. The maximum absolute atomic E-state index is 11.1. The lowest BCUT2D eigenvalue weighted by Crippen LogP contribution is -2.36. The molecule has 2 heterocycles. The van der Waals surface area contributed by atoms with Crippen molar-refractivity contribution >= 4 is 5.69 Å². The molecule has 1 aromatic heterocycles. The summed E-state index contributed by atoms with van der Waals surface area (Å²) in [6.07, 6.45) is 2.82. The van der Waals surface area contributed by atoms with Gasteiger partial charge in [0.25, 0.3) is 5.69 Å². The van der Waals surface area contributed by atoms with Crippen LogP contribution in [0.4, 0.5) is 5.69 Å². The number of hydrogen-bond donors (Lipinski definition) is 1. The molecule has 3 rings (SSSR count). The van der Waals surface area contributed by atoms with Crippen LogP contribution in [-0.4, -0.2) is 21.6 Å². The van der Waals surface area contributed by atoms with E-state index in [1.807, 2.05) is 0 Å². The number of rotatable bonds is 4. The van der Waals surface area contributed by atoms with Gasteiger partial charge in [0.05, 0.1) is 10.5 Å². The molecule has 1 unspecified atom stereocenters. The largest absolute Gasteiger partial charge is 0.337 e. The third-order valence-electron chi connectivity index (χ3n) is 4.02. The minimum absolute atomic E-state index is 0.0187. The molecule has 7 heteroatoms. The maximum atomic E-state index is 11.1. The number of hydrogen-bond acceptors (Lipinski definition) is 6. The van der Waals surface area contributed by atoms with Crippen LogP contribution in [-0.2, 0) is 5.54 Å². The zero-order chi connectivity index (χ0) is 14.9. The van der Waals surface area contributed by atoms with E-state index in [0.717, 1.165) is 25.8 Å². The minimum Gasteiger partial charge on any atom is -0.337 e. The van der Waals surface area contributed by atoms with Crippen molar-refractivity contribution in [3.63, 3.8) is 0 Å². The molecule has 1 fully saturated rings. The van der Waals surface area contributed by atoms with Gasteiger partial charge in [-0.2, -0.15) is 4.98 Å². The highest BCUT2D eigenvalue weighted by molar-refractivity contribution is 5.67. The van der Waals surface area contributed by atoms with Gasteiger partial charge in [-0.05, 0) is 31.9 Å². The number of nitro benzene ring substituents is 1. The lowest BCUT2D eigenvalue weighted by atomic mass is 9.94. The normalized spacial score (nSPS) is 21.6. The molecule has 0 saturated carbocycles. The van der Waals surface area contributed by atoms with Gasteiger partial charge in [-0.1, -0.05) is 24.2 Å². The van der Waals surface area contributed by atoms with Crippen molar-refractivity contribution in [2.45, 2.75) is 31.7 Å². The first kappa shape index (κ1) is 13.7. The first-order valence-corrected chi connectivity index (χ1v) is 6.99. The van der Waals surface area contributed by atoms with Gasteiger partial charge in [0.1, 0.15) is 5.56 Å². The number of aromatic nitrogens is 2. The SMILES string of the molecule is CCC1(c2nc(-c3ccccc3[N+](=O)[O-])no2)CCCN1. The number of nitrogens with zero attached hydrogens (tertiary/aromatic N) is 3. The Labute approximate surface area is 121 Å². The zero-order valence-electron chi connectivity index (χ0n) is 11.7. The van der Waals surface area contributed by atoms with Gasteiger partial charge in [0, 0.05) is 6.07 Å². The zero-order valence-corrected chi connectivity index (χ0v) is 11.7. The van der Waals surface area contributed by atoms with Gasteiger partial charge in [-0.3, -0.25) is 10.1 Å². The third-order valence-corrected chi connectivity index (χ3v) is 4.02. The van der Waals surface area contributed by atoms with Crippen LogP contribution < -0.4 is 5.32 Å². The van der Waals surface area contributed by atoms with Crippen molar-refractivity contribution in [3.8, 4) is 11.4 Å². The average molecular weight is 288 g/mol. The number of para-hydroxylation sites is 1. The molecule has 1 aliphatic heterocycles. The Kier molecular flexibility index (Phi) is 3.42. The van der Waals surface area contributed by atoms with Gasteiger partial charge in [0.15, 0.2) is 0 Å². The molecule has 21 heavy (non-hydrogen) atoms. The second-order valence-electron chi connectivity index (χ2n) is 5.16. The van der Waals surface area contributed by atoms with E-state index in [4.69, 9.17) is 4.52 Å². The van der Waals surface area contributed by atoms with Crippen molar-refractivity contribution in [2.24, 2.45) is 0 Å². The molecule has 1 atom stereocenters. The molecule has 1 N–H and O–H groups in total. The van der Waals surface area contributed by atoms with Crippen molar-refractivity contribution in [3.05, 3.63) is 40.3 Å². The van der Waals surface area contributed by atoms with Gasteiger partial charge in [-0.25, -0.2) is 0 Å². The first-order valence-electron chi connectivity index (χ1n) is 6.99. The van der Waals surface area contributed by atoms with E-state index in [0.29, 0.717) is 11.5 Å². The Morgan fingerprint density at radius 1 is 1.48 bits per heavy atom. The highest BCUT2D eigenvalue weighted by Gasteiger charge is 2.39. The van der Waals surface area contributed by atoms with Gasteiger partial charge >= 0.3 is 0 Å². The van der Waals surface area contributed by atoms with Crippen molar-refractivity contribution in [1.29, 1.82) is 0 Å². The quantitative estimate of drug-likeness (QED) is 0.686. The molecular formula is C14H16N4O3. The van der Waals surface area contributed by atoms with Crippen LogP contribution in [0.25, 0.3) is 11.4 Å². The van der Waals surface area contributed by atoms with Crippen molar-refractivity contribution in [1.82, 2.24) is 15.5 Å². The molecule has 7 nitrogen and oxygen atoms in total. The lowest BCUT2D eigenvalue weighted by Gasteiger charge is -2.22. The number of nitro groups is 1. The predicted molar refractivity (Wildman–Crippen MR) is 75.6 cm³/mol. The topological polar surface area (TPSA) is 94.1 Å². The molecule has 0 aliphatic carbocycles. The molecule has 0 amide bonds. The molecule has 0 bridgehead atoms. The summed E-state index contributed by atoms with van der Waals surface area (Å²) in [5.74, 6) is 0.773. The van der Waals surface area contributed by atoms with Crippen molar-refractivity contribution < 1.29 is 9.45 Å². The summed E-state index contributed by atoms with van der Waals surface area (Å²) in [7, 11) is 0.